The molecule has 2 rings (SSSR count). The molecule has 1 heterocycles. The Balaban J connectivity index is 2.43. The third-order valence-electron chi connectivity index (χ3n) is 2.33. The Labute approximate surface area is 104 Å². The molecular weight excluding hydrogens is 236 g/mol. The second kappa shape index (κ2) is 4.52. The minimum absolute atomic E-state index is 0.310. The summed E-state index contributed by atoms with van der Waals surface area (Å²) in [6, 6.07) is 5.06. The van der Waals surface area contributed by atoms with Crippen LogP contribution in [0.3, 0.4) is 0 Å². The van der Waals surface area contributed by atoms with E-state index in [1.165, 1.54) is 6.26 Å². The van der Waals surface area contributed by atoms with Gasteiger partial charge in [-0.3, -0.25) is 4.79 Å². The van der Waals surface area contributed by atoms with Gasteiger partial charge in [-0.15, -0.1) is 0 Å². The Morgan fingerprint density at radius 2 is 2.06 bits per heavy atom. The molecule has 1 aliphatic heterocycles. The standard InChI is InChI=1S/C13H12O5/c1-13(2)17-11-9(6-7-16-8-14)4-3-5-10(11)12(15)18-13/h3-8H,1-2H3/b7-6+. The number of cyclic esters (lactones) is 1. The van der Waals surface area contributed by atoms with Gasteiger partial charge in [0.2, 0.25) is 5.79 Å². The van der Waals surface area contributed by atoms with E-state index in [4.69, 9.17) is 9.47 Å². The highest BCUT2D eigenvalue weighted by molar-refractivity contribution is 5.95. The molecule has 0 N–H and O–H groups in total. The van der Waals surface area contributed by atoms with E-state index < -0.39 is 11.8 Å². The molecule has 0 spiro atoms. The fourth-order valence-corrected chi connectivity index (χ4v) is 1.65. The van der Waals surface area contributed by atoms with E-state index in [1.54, 1.807) is 38.1 Å². The Morgan fingerprint density at radius 1 is 1.28 bits per heavy atom. The number of hydrogen-bond donors (Lipinski definition) is 0. The monoisotopic (exact) mass is 248 g/mol. The van der Waals surface area contributed by atoms with Crippen molar-refractivity contribution in [2.45, 2.75) is 19.6 Å². The lowest BCUT2D eigenvalue weighted by Gasteiger charge is -2.32. The molecule has 5 nitrogen and oxygen atoms in total. The zero-order valence-corrected chi connectivity index (χ0v) is 10.0. The first-order valence-corrected chi connectivity index (χ1v) is 5.34. The Hall–Kier alpha value is -2.30. The molecule has 0 aromatic heterocycles. The predicted octanol–water partition coefficient (Wildman–Crippen LogP) is 2.12. The number of esters is 1. The molecule has 5 heteroatoms. The number of rotatable bonds is 3. The largest absolute Gasteiger partial charge is 0.451 e. The van der Waals surface area contributed by atoms with Crippen LogP contribution in [0.4, 0.5) is 0 Å². The molecule has 94 valence electrons. The topological polar surface area (TPSA) is 61.8 Å². The van der Waals surface area contributed by atoms with Gasteiger partial charge in [0.1, 0.15) is 11.3 Å². The number of para-hydroxylation sites is 1. The summed E-state index contributed by atoms with van der Waals surface area (Å²) in [4.78, 5) is 21.8. The number of fused-ring (bicyclic) bond motifs is 1. The molecule has 1 aromatic rings. The summed E-state index contributed by atoms with van der Waals surface area (Å²) in [5, 5.41) is 0. The van der Waals surface area contributed by atoms with Crippen molar-refractivity contribution >= 4 is 18.5 Å². The second-order valence-electron chi connectivity index (χ2n) is 4.15. The Kier molecular flexibility index (Phi) is 3.06. The molecule has 0 amide bonds. The van der Waals surface area contributed by atoms with E-state index in [1.807, 2.05) is 0 Å². The van der Waals surface area contributed by atoms with Gasteiger partial charge in [0.05, 0.1) is 6.26 Å². The van der Waals surface area contributed by atoms with Crippen molar-refractivity contribution in [3.8, 4) is 5.75 Å². The van der Waals surface area contributed by atoms with Crippen LogP contribution in [0.25, 0.3) is 6.08 Å². The normalized spacial score (nSPS) is 16.7. The van der Waals surface area contributed by atoms with E-state index in [2.05, 4.69) is 4.74 Å². The first-order valence-electron chi connectivity index (χ1n) is 5.34. The van der Waals surface area contributed by atoms with Crippen LogP contribution in [0.15, 0.2) is 24.5 Å². The van der Waals surface area contributed by atoms with E-state index in [0.29, 0.717) is 23.3 Å². The van der Waals surface area contributed by atoms with Crippen LogP contribution in [0.2, 0.25) is 0 Å². The summed E-state index contributed by atoms with van der Waals surface area (Å²) < 4.78 is 15.2. The highest BCUT2D eigenvalue weighted by Gasteiger charge is 2.34. The molecule has 0 saturated carbocycles. The third-order valence-corrected chi connectivity index (χ3v) is 2.33. The number of carbonyl (C=O) groups excluding carboxylic acids is 2. The fourth-order valence-electron chi connectivity index (χ4n) is 1.65. The van der Waals surface area contributed by atoms with Crippen molar-refractivity contribution in [3.63, 3.8) is 0 Å². The van der Waals surface area contributed by atoms with Crippen LogP contribution in [-0.2, 0) is 14.3 Å². The van der Waals surface area contributed by atoms with Crippen molar-refractivity contribution in [1.29, 1.82) is 0 Å². The van der Waals surface area contributed by atoms with Gasteiger partial charge in [-0.2, -0.15) is 0 Å². The van der Waals surface area contributed by atoms with E-state index in [-0.39, 0.29) is 0 Å². The quantitative estimate of drug-likeness (QED) is 0.465. The van der Waals surface area contributed by atoms with Crippen LogP contribution in [0.1, 0.15) is 29.8 Å². The molecule has 0 bridgehead atoms. The second-order valence-corrected chi connectivity index (χ2v) is 4.15. The Morgan fingerprint density at radius 3 is 2.78 bits per heavy atom. The lowest BCUT2D eigenvalue weighted by molar-refractivity contribution is -0.127. The minimum Gasteiger partial charge on any atom is -0.451 e. The van der Waals surface area contributed by atoms with Gasteiger partial charge in [-0.05, 0) is 12.1 Å². The van der Waals surface area contributed by atoms with Crippen molar-refractivity contribution in [3.05, 3.63) is 35.6 Å². The highest BCUT2D eigenvalue weighted by atomic mass is 16.7. The maximum absolute atomic E-state index is 11.8. The zero-order valence-electron chi connectivity index (χ0n) is 10.0. The number of ether oxygens (including phenoxy) is 3. The maximum Gasteiger partial charge on any atom is 0.345 e. The first kappa shape index (κ1) is 12.2. The smallest absolute Gasteiger partial charge is 0.345 e. The molecule has 0 radical (unpaired) electrons. The van der Waals surface area contributed by atoms with Crippen molar-refractivity contribution < 1.29 is 23.8 Å². The highest BCUT2D eigenvalue weighted by Crippen LogP contribution is 2.34. The summed E-state index contributed by atoms with van der Waals surface area (Å²) >= 11 is 0. The van der Waals surface area contributed by atoms with Crippen LogP contribution >= 0.6 is 0 Å². The van der Waals surface area contributed by atoms with Crippen LogP contribution in [0.5, 0.6) is 5.75 Å². The molecule has 0 fully saturated rings. The third kappa shape index (κ3) is 2.34. The van der Waals surface area contributed by atoms with Gasteiger partial charge in [-0.25, -0.2) is 4.79 Å². The summed E-state index contributed by atoms with van der Waals surface area (Å²) in [5.74, 6) is -1.03. The van der Waals surface area contributed by atoms with Gasteiger partial charge in [0.15, 0.2) is 0 Å². The summed E-state index contributed by atoms with van der Waals surface area (Å²) in [5.41, 5.74) is 0.988. The lowest BCUT2D eigenvalue weighted by atomic mass is 10.1. The lowest BCUT2D eigenvalue weighted by Crippen LogP contribution is -2.39. The molecule has 0 saturated heterocycles. The average Bonchev–Trinajstić information content (AvgIpc) is 2.29. The van der Waals surface area contributed by atoms with Crippen molar-refractivity contribution in [2.24, 2.45) is 0 Å². The van der Waals surface area contributed by atoms with E-state index in [0.717, 1.165) is 0 Å². The van der Waals surface area contributed by atoms with Gasteiger partial charge in [0, 0.05) is 19.4 Å². The fraction of sp³-hybridized carbons (Fsp3) is 0.231. The SMILES string of the molecule is CC1(C)OC(=O)c2cccc(/C=C/OC=O)c2O1. The van der Waals surface area contributed by atoms with Crippen LogP contribution in [0, 0.1) is 0 Å². The molecule has 0 unspecified atom stereocenters. The molecule has 0 aliphatic carbocycles. The van der Waals surface area contributed by atoms with Gasteiger partial charge < -0.3 is 14.2 Å². The number of benzene rings is 1. The predicted molar refractivity (Wildman–Crippen MR) is 62.7 cm³/mol. The van der Waals surface area contributed by atoms with Crippen molar-refractivity contribution in [1.82, 2.24) is 0 Å². The first-order chi connectivity index (χ1) is 8.53. The number of hydrogen-bond acceptors (Lipinski definition) is 5. The zero-order chi connectivity index (χ0) is 13.2. The van der Waals surface area contributed by atoms with Gasteiger partial charge in [-0.1, -0.05) is 12.1 Å². The minimum atomic E-state index is -1.01. The molecule has 0 atom stereocenters. The van der Waals surface area contributed by atoms with Gasteiger partial charge in [0.25, 0.3) is 6.47 Å². The molecule has 1 aliphatic rings. The summed E-state index contributed by atoms with van der Waals surface area (Å²) in [7, 11) is 0. The molecular formula is C13H12O5. The molecule has 1 aromatic carbocycles. The Bertz CT molecular complexity index is 516. The van der Waals surface area contributed by atoms with Gasteiger partial charge >= 0.3 is 5.97 Å². The maximum atomic E-state index is 11.8. The van der Waals surface area contributed by atoms with E-state index >= 15 is 0 Å². The average molecular weight is 248 g/mol. The van der Waals surface area contributed by atoms with Crippen molar-refractivity contribution in [2.75, 3.05) is 0 Å². The van der Waals surface area contributed by atoms with Crippen LogP contribution < -0.4 is 4.74 Å². The number of carbonyl (C=O) groups is 2. The van der Waals surface area contributed by atoms with E-state index in [9.17, 15) is 9.59 Å². The molecule has 18 heavy (non-hydrogen) atoms. The summed E-state index contributed by atoms with van der Waals surface area (Å²) in [6.45, 7) is 3.61. The summed E-state index contributed by atoms with van der Waals surface area (Å²) in [6.07, 6.45) is 2.76. The van der Waals surface area contributed by atoms with Crippen LogP contribution in [-0.4, -0.2) is 18.2 Å².